The van der Waals surface area contributed by atoms with Crippen LogP contribution in [0.2, 0.25) is 0 Å². The topological polar surface area (TPSA) is 72.4 Å². The zero-order valence-corrected chi connectivity index (χ0v) is 12.6. The van der Waals surface area contributed by atoms with E-state index in [1.807, 2.05) is 13.8 Å². The third-order valence-electron chi connectivity index (χ3n) is 3.61. The highest BCUT2D eigenvalue weighted by Crippen LogP contribution is 2.31. The molecule has 2 aromatic heterocycles. The average Bonchev–Trinajstić information content (AvgIpc) is 3.07. The van der Waals surface area contributed by atoms with Gasteiger partial charge in [-0.3, -0.25) is 4.79 Å². The van der Waals surface area contributed by atoms with E-state index in [0.717, 1.165) is 0 Å². The summed E-state index contributed by atoms with van der Waals surface area (Å²) in [7, 11) is 0. The van der Waals surface area contributed by atoms with Crippen LogP contribution in [0.4, 0.5) is 0 Å². The second kappa shape index (κ2) is 5.18. The van der Waals surface area contributed by atoms with Crippen LogP contribution in [-0.2, 0) is 4.79 Å². The minimum Gasteiger partial charge on any atom is -0.461 e. The summed E-state index contributed by atoms with van der Waals surface area (Å²) in [6, 6.07) is 3.54. The van der Waals surface area contributed by atoms with E-state index in [9.17, 15) is 4.79 Å². The summed E-state index contributed by atoms with van der Waals surface area (Å²) < 4.78 is 10.5. The van der Waals surface area contributed by atoms with E-state index in [4.69, 9.17) is 20.5 Å². The largest absolute Gasteiger partial charge is 0.461 e. The lowest BCUT2D eigenvalue weighted by Gasteiger charge is -2.41. The Morgan fingerprint density at radius 2 is 2.29 bits per heavy atom. The van der Waals surface area contributed by atoms with Crippen molar-refractivity contribution in [1.29, 1.82) is 0 Å². The fraction of sp³-hybridized carbons (Fsp3) is 0.500. The molecule has 6 nitrogen and oxygen atoms in total. The normalized spacial score (nSPS) is 16.0. The number of amides is 1. The standard InChI is InChI=1S/C14H16ClN3O3/c1-14(2,8-15)13(19)18-6-9(7-18)12-16-11(17-21-12)10-4-3-5-20-10/h3-5,9H,6-8H2,1-2H3. The molecule has 0 bridgehead atoms. The Bertz CT molecular complexity index is 630. The van der Waals surface area contributed by atoms with E-state index in [0.29, 0.717) is 36.4 Å². The molecule has 112 valence electrons. The van der Waals surface area contributed by atoms with Gasteiger partial charge in [-0.05, 0) is 26.0 Å². The second-order valence-electron chi connectivity index (χ2n) is 5.86. The molecule has 0 unspecified atom stereocenters. The molecule has 0 radical (unpaired) electrons. The molecule has 3 rings (SSSR count). The van der Waals surface area contributed by atoms with Gasteiger partial charge in [0.05, 0.1) is 17.6 Å². The summed E-state index contributed by atoms with van der Waals surface area (Å²) in [4.78, 5) is 18.3. The number of hydrogen-bond donors (Lipinski definition) is 0. The molecule has 0 atom stereocenters. The van der Waals surface area contributed by atoms with Crippen LogP contribution >= 0.6 is 11.6 Å². The molecule has 0 aliphatic carbocycles. The number of carbonyl (C=O) groups excluding carboxylic acids is 1. The third kappa shape index (κ3) is 2.55. The molecule has 1 fully saturated rings. The number of hydrogen-bond acceptors (Lipinski definition) is 5. The van der Waals surface area contributed by atoms with Crippen LogP contribution < -0.4 is 0 Å². The Morgan fingerprint density at radius 3 is 2.90 bits per heavy atom. The van der Waals surface area contributed by atoms with Crippen molar-refractivity contribution in [1.82, 2.24) is 15.0 Å². The lowest BCUT2D eigenvalue weighted by molar-refractivity contribution is -0.144. The average molecular weight is 310 g/mol. The third-order valence-corrected chi connectivity index (χ3v) is 4.28. The van der Waals surface area contributed by atoms with Crippen LogP contribution in [0.5, 0.6) is 0 Å². The highest BCUT2D eigenvalue weighted by atomic mass is 35.5. The molecule has 0 saturated carbocycles. The molecule has 0 spiro atoms. The summed E-state index contributed by atoms with van der Waals surface area (Å²) in [5.74, 6) is 1.97. The van der Waals surface area contributed by atoms with Gasteiger partial charge in [0.1, 0.15) is 0 Å². The van der Waals surface area contributed by atoms with E-state index in [1.165, 1.54) is 0 Å². The highest BCUT2D eigenvalue weighted by Gasteiger charge is 2.41. The second-order valence-corrected chi connectivity index (χ2v) is 6.13. The monoisotopic (exact) mass is 309 g/mol. The van der Waals surface area contributed by atoms with Crippen molar-refractivity contribution >= 4 is 17.5 Å². The smallest absolute Gasteiger partial charge is 0.238 e. The zero-order chi connectivity index (χ0) is 15.0. The summed E-state index contributed by atoms with van der Waals surface area (Å²) in [6.45, 7) is 4.85. The van der Waals surface area contributed by atoms with Gasteiger partial charge in [0.15, 0.2) is 5.76 Å². The Balaban J connectivity index is 1.63. The molecule has 1 aliphatic rings. The summed E-state index contributed by atoms with van der Waals surface area (Å²) >= 11 is 5.83. The van der Waals surface area contributed by atoms with Crippen LogP contribution in [0.15, 0.2) is 27.3 Å². The minimum absolute atomic E-state index is 0.0551. The molecule has 0 aromatic carbocycles. The predicted molar refractivity (Wildman–Crippen MR) is 75.8 cm³/mol. The van der Waals surface area contributed by atoms with Crippen molar-refractivity contribution in [3.05, 3.63) is 24.3 Å². The molecule has 1 aliphatic heterocycles. The van der Waals surface area contributed by atoms with Crippen molar-refractivity contribution < 1.29 is 13.7 Å². The van der Waals surface area contributed by atoms with Gasteiger partial charge in [0, 0.05) is 19.0 Å². The molecule has 21 heavy (non-hydrogen) atoms. The van der Waals surface area contributed by atoms with Gasteiger partial charge in [-0.15, -0.1) is 11.6 Å². The Morgan fingerprint density at radius 1 is 1.52 bits per heavy atom. The molecule has 1 saturated heterocycles. The Labute approximate surface area is 127 Å². The van der Waals surface area contributed by atoms with E-state index >= 15 is 0 Å². The first-order valence-electron chi connectivity index (χ1n) is 6.74. The summed E-state index contributed by atoms with van der Waals surface area (Å²) in [6.07, 6.45) is 1.56. The quantitative estimate of drug-likeness (QED) is 0.811. The van der Waals surface area contributed by atoms with Crippen molar-refractivity contribution in [3.63, 3.8) is 0 Å². The van der Waals surface area contributed by atoms with Gasteiger partial charge in [-0.25, -0.2) is 0 Å². The number of alkyl halides is 1. The van der Waals surface area contributed by atoms with Gasteiger partial charge in [-0.1, -0.05) is 5.16 Å². The molecular formula is C14H16ClN3O3. The van der Waals surface area contributed by atoms with Crippen molar-refractivity contribution in [3.8, 4) is 11.6 Å². The fourth-order valence-corrected chi connectivity index (χ4v) is 2.31. The van der Waals surface area contributed by atoms with Gasteiger partial charge >= 0.3 is 0 Å². The van der Waals surface area contributed by atoms with E-state index in [2.05, 4.69) is 10.1 Å². The van der Waals surface area contributed by atoms with E-state index in [1.54, 1.807) is 23.3 Å². The number of nitrogens with zero attached hydrogens (tertiary/aromatic N) is 3. The van der Waals surface area contributed by atoms with Crippen molar-refractivity contribution in [2.45, 2.75) is 19.8 Å². The number of likely N-dealkylation sites (tertiary alicyclic amines) is 1. The first kappa shape index (κ1) is 14.1. The van der Waals surface area contributed by atoms with E-state index in [-0.39, 0.29) is 11.8 Å². The van der Waals surface area contributed by atoms with Crippen molar-refractivity contribution in [2.24, 2.45) is 5.41 Å². The molecular weight excluding hydrogens is 294 g/mol. The molecule has 2 aromatic rings. The predicted octanol–water partition coefficient (Wildman–Crippen LogP) is 2.52. The maximum atomic E-state index is 12.2. The van der Waals surface area contributed by atoms with E-state index < -0.39 is 5.41 Å². The van der Waals surface area contributed by atoms with Crippen LogP contribution in [0.3, 0.4) is 0 Å². The molecule has 0 N–H and O–H groups in total. The van der Waals surface area contributed by atoms with Gasteiger partial charge in [0.25, 0.3) is 0 Å². The molecule has 1 amide bonds. The lowest BCUT2D eigenvalue weighted by atomic mass is 9.90. The van der Waals surface area contributed by atoms with Gasteiger partial charge in [0.2, 0.25) is 17.6 Å². The van der Waals surface area contributed by atoms with Crippen LogP contribution in [0, 0.1) is 5.41 Å². The van der Waals surface area contributed by atoms with Gasteiger partial charge < -0.3 is 13.8 Å². The SMILES string of the molecule is CC(C)(CCl)C(=O)N1CC(c2nc(-c3ccco3)no2)C1. The number of aromatic nitrogens is 2. The number of carbonyl (C=O) groups is 1. The molecule has 7 heteroatoms. The first-order valence-corrected chi connectivity index (χ1v) is 7.27. The molecule has 3 heterocycles. The first-order chi connectivity index (χ1) is 10.0. The van der Waals surface area contributed by atoms with Crippen LogP contribution in [-0.4, -0.2) is 39.9 Å². The summed E-state index contributed by atoms with van der Waals surface area (Å²) in [5.41, 5.74) is -0.541. The summed E-state index contributed by atoms with van der Waals surface area (Å²) in [5, 5.41) is 3.89. The highest BCUT2D eigenvalue weighted by molar-refractivity contribution is 6.19. The fourth-order valence-electron chi connectivity index (χ4n) is 2.19. The Hall–Kier alpha value is -1.82. The lowest BCUT2D eigenvalue weighted by Crippen LogP contribution is -2.53. The van der Waals surface area contributed by atoms with Gasteiger partial charge in [-0.2, -0.15) is 4.98 Å². The van der Waals surface area contributed by atoms with Crippen molar-refractivity contribution in [2.75, 3.05) is 19.0 Å². The maximum absolute atomic E-state index is 12.2. The number of rotatable bonds is 4. The number of furan rings is 1. The minimum atomic E-state index is -0.541. The zero-order valence-electron chi connectivity index (χ0n) is 11.9. The van der Waals surface area contributed by atoms with Crippen LogP contribution in [0.1, 0.15) is 25.7 Å². The Kier molecular flexibility index (Phi) is 3.49. The van der Waals surface area contributed by atoms with Crippen LogP contribution in [0.25, 0.3) is 11.6 Å². The number of halogens is 1. The maximum Gasteiger partial charge on any atom is 0.238 e.